The van der Waals surface area contributed by atoms with Crippen molar-refractivity contribution in [2.24, 2.45) is 0 Å². The molecular weight excluding hydrogens is 181 g/mol. The third-order valence-electron chi connectivity index (χ3n) is 1.66. The molecule has 67 valence electrons. The molecule has 0 aliphatic carbocycles. The van der Waals surface area contributed by atoms with Gasteiger partial charge in [-0.05, 0) is 12.1 Å². The second-order valence-electron chi connectivity index (χ2n) is 2.51. The fourth-order valence-electron chi connectivity index (χ4n) is 1.12. The molecule has 0 bridgehead atoms. The van der Waals surface area contributed by atoms with Crippen LogP contribution >= 0.6 is 0 Å². The van der Waals surface area contributed by atoms with E-state index >= 15 is 0 Å². The van der Waals surface area contributed by atoms with Gasteiger partial charge in [0, 0.05) is 6.20 Å². The van der Waals surface area contributed by atoms with E-state index in [0.717, 1.165) is 16.7 Å². The predicted molar refractivity (Wildman–Crippen MR) is 39.0 cm³/mol. The highest BCUT2D eigenvalue weighted by Gasteiger charge is 2.33. The van der Waals surface area contributed by atoms with Crippen molar-refractivity contribution in [1.82, 2.24) is 9.38 Å². The normalized spacial score (nSPS) is 12.2. The minimum absolute atomic E-state index is 0.245. The number of pyridine rings is 1. The first kappa shape index (κ1) is 8.10. The molecule has 2 heterocycles. The Bertz CT molecular complexity index is 430. The van der Waals surface area contributed by atoms with E-state index < -0.39 is 11.9 Å². The maximum atomic E-state index is 12.3. The summed E-state index contributed by atoms with van der Waals surface area (Å²) in [5.74, 6) is 0. The zero-order chi connectivity index (χ0) is 9.47. The molecule has 0 saturated carbocycles. The number of aromatic nitrogens is 2. The first-order valence-corrected chi connectivity index (χ1v) is 3.50. The first-order valence-electron chi connectivity index (χ1n) is 3.50. The molecule has 2 nitrogen and oxygen atoms in total. The van der Waals surface area contributed by atoms with Crippen molar-refractivity contribution in [3.05, 3.63) is 36.3 Å². The van der Waals surface area contributed by atoms with Gasteiger partial charge in [0.1, 0.15) is 17.5 Å². The number of imidazole rings is 1. The highest BCUT2D eigenvalue weighted by atomic mass is 19.4. The summed E-state index contributed by atoms with van der Waals surface area (Å²) in [6, 6.07) is 3.81. The number of nitrogens with zero attached hydrogens (tertiary/aromatic N) is 2. The molecular formula is C8H4F3N2. The Morgan fingerprint density at radius 2 is 2.08 bits per heavy atom. The van der Waals surface area contributed by atoms with Crippen molar-refractivity contribution < 1.29 is 13.2 Å². The van der Waals surface area contributed by atoms with Crippen molar-refractivity contribution >= 4 is 5.65 Å². The van der Waals surface area contributed by atoms with Crippen LogP contribution in [0.15, 0.2) is 24.4 Å². The molecule has 2 aromatic rings. The lowest BCUT2D eigenvalue weighted by Gasteiger charge is -2.08. The Kier molecular flexibility index (Phi) is 1.55. The van der Waals surface area contributed by atoms with Crippen molar-refractivity contribution in [2.75, 3.05) is 0 Å². The van der Waals surface area contributed by atoms with Gasteiger partial charge in [0.15, 0.2) is 0 Å². The minimum atomic E-state index is -4.35. The molecule has 0 amide bonds. The van der Waals surface area contributed by atoms with Crippen LogP contribution in [0, 0.1) is 6.20 Å². The quantitative estimate of drug-likeness (QED) is 0.614. The number of hydrogen-bond donors (Lipinski definition) is 0. The number of hydrogen-bond acceptors (Lipinski definition) is 1. The van der Waals surface area contributed by atoms with E-state index in [2.05, 4.69) is 11.2 Å². The fraction of sp³-hybridized carbons (Fsp3) is 0.125. The van der Waals surface area contributed by atoms with E-state index in [1.807, 2.05) is 0 Å². The van der Waals surface area contributed by atoms with Crippen molar-refractivity contribution in [1.29, 1.82) is 0 Å². The summed E-state index contributed by atoms with van der Waals surface area (Å²) in [4.78, 5) is 3.63. The molecule has 0 N–H and O–H groups in total. The summed E-state index contributed by atoms with van der Waals surface area (Å²) in [6.07, 6.45) is -0.825. The summed E-state index contributed by atoms with van der Waals surface area (Å²) in [7, 11) is 0. The van der Waals surface area contributed by atoms with E-state index in [0.29, 0.717) is 0 Å². The van der Waals surface area contributed by atoms with Gasteiger partial charge in [-0.3, -0.25) is 4.40 Å². The third-order valence-corrected chi connectivity index (χ3v) is 1.66. The van der Waals surface area contributed by atoms with Gasteiger partial charge in [0.25, 0.3) is 0 Å². The first-order chi connectivity index (χ1) is 6.09. The molecule has 0 spiro atoms. The van der Waals surface area contributed by atoms with Crippen LogP contribution in [-0.2, 0) is 6.18 Å². The Hall–Kier alpha value is -1.52. The molecule has 0 aliphatic heterocycles. The summed E-state index contributed by atoms with van der Waals surface area (Å²) >= 11 is 0. The molecule has 1 radical (unpaired) electrons. The smallest absolute Gasteiger partial charge is 0.295 e. The summed E-state index contributed by atoms with van der Waals surface area (Å²) in [5, 5.41) is 0. The minimum Gasteiger partial charge on any atom is -0.295 e. The lowest BCUT2D eigenvalue weighted by molar-refractivity contribution is -0.142. The summed E-state index contributed by atoms with van der Waals surface area (Å²) < 4.78 is 38.0. The Labute approximate surface area is 71.6 Å². The van der Waals surface area contributed by atoms with Crippen LogP contribution in [0.4, 0.5) is 13.2 Å². The van der Waals surface area contributed by atoms with Crippen molar-refractivity contribution in [3.8, 4) is 0 Å². The van der Waals surface area contributed by atoms with Crippen LogP contribution in [0.3, 0.4) is 0 Å². The molecule has 0 atom stereocenters. The van der Waals surface area contributed by atoms with E-state index in [4.69, 9.17) is 0 Å². The second kappa shape index (κ2) is 2.48. The molecule has 0 aromatic carbocycles. The zero-order valence-corrected chi connectivity index (χ0v) is 6.34. The lowest BCUT2D eigenvalue weighted by atomic mass is 10.3. The van der Waals surface area contributed by atoms with Crippen LogP contribution in [-0.4, -0.2) is 9.38 Å². The lowest BCUT2D eigenvalue weighted by Crippen LogP contribution is -2.10. The standard InChI is InChI=1S/C8H4F3N2/c9-8(10,11)6-2-1-3-7-12-4-5-13(6)7/h1-3,5H. The van der Waals surface area contributed by atoms with E-state index in [1.54, 1.807) is 0 Å². The van der Waals surface area contributed by atoms with Crippen molar-refractivity contribution in [2.45, 2.75) is 6.18 Å². The second-order valence-corrected chi connectivity index (χ2v) is 2.51. The molecule has 2 rings (SSSR count). The Morgan fingerprint density at radius 1 is 1.31 bits per heavy atom. The topological polar surface area (TPSA) is 17.3 Å². The average Bonchev–Trinajstić information content (AvgIpc) is 2.48. The highest BCUT2D eigenvalue weighted by Crippen LogP contribution is 2.29. The van der Waals surface area contributed by atoms with Gasteiger partial charge >= 0.3 is 6.18 Å². The maximum absolute atomic E-state index is 12.3. The van der Waals surface area contributed by atoms with Gasteiger partial charge in [0.2, 0.25) is 0 Å². The Morgan fingerprint density at radius 3 is 2.77 bits per heavy atom. The molecule has 2 aromatic heterocycles. The van der Waals surface area contributed by atoms with Gasteiger partial charge in [-0.25, -0.2) is 4.98 Å². The van der Waals surface area contributed by atoms with Crippen LogP contribution < -0.4 is 0 Å². The number of fused-ring (bicyclic) bond motifs is 1. The average molecular weight is 185 g/mol. The zero-order valence-electron chi connectivity index (χ0n) is 6.34. The maximum Gasteiger partial charge on any atom is 0.431 e. The summed E-state index contributed by atoms with van der Waals surface area (Å²) in [6.45, 7) is 0. The molecule has 0 fully saturated rings. The van der Waals surface area contributed by atoms with Crippen LogP contribution in [0.2, 0.25) is 0 Å². The van der Waals surface area contributed by atoms with Gasteiger partial charge in [0.05, 0.1) is 0 Å². The van der Waals surface area contributed by atoms with E-state index in [9.17, 15) is 13.2 Å². The number of rotatable bonds is 0. The molecule has 5 heteroatoms. The van der Waals surface area contributed by atoms with Crippen LogP contribution in [0.25, 0.3) is 5.65 Å². The Balaban J connectivity index is 2.75. The van der Waals surface area contributed by atoms with Crippen molar-refractivity contribution in [3.63, 3.8) is 0 Å². The van der Waals surface area contributed by atoms with Crippen LogP contribution in [0.5, 0.6) is 0 Å². The largest absolute Gasteiger partial charge is 0.431 e. The van der Waals surface area contributed by atoms with Gasteiger partial charge in [-0.1, -0.05) is 6.07 Å². The molecule has 13 heavy (non-hydrogen) atoms. The summed E-state index contributed by atoms with van der Waals surface area (Å²) in [5.41, 5.74) is -0.492. The number of halogens is 3. The molecule has 0 aliphatic rings. The predicted octanol–water partition coefficient (Wildman–Crippen LogP) is 2.15. The van der Waals surface area contributed by atoms with Gasteiger partial charge in [-0.15, -0.1) is 0 Å². The van der Waals surface area contributed by atoms with Gasteiger partial charge < -0.3 is 0 Å². The monoisotopic (exact) mass is 185 g/mol. The fourth-order valence-corrected chi connectivity index (χ4v) is 1.12. The van der Waals surface area contributed by atoms with Gasteiger partial charge in [-0.2, -0.15) is 13.2 Å². The SMILES string of the molecule is FC(F)(F)c1cccc2n[c]cn12. The van der Waals surface area contributed by atoms with E-state index in [1.165, 1.54) is 12.1 Å². The molecule has 0 saturated heterocycles. The number of alkyl halides is 3. The van der Waals surface area contributed by atoms with Crippen LogP contribution in [0.1, 0.15) is 5.69 Å². The highest BCUT2D eigenvalue weighted by molar-refractivity contribution is 5.40. The molecule has 0 unspecified atom stereocenters. The van der Waals surface area contributed by atoms with E-state index in [-0.39, 0.29) is 5.65 Å². The third kappa shape index (κ3) is 1.26.